The van der Waals surface area contributed by atoms with Crippen LogP contribution in [0.1, 0.15) is 78.9 Å². The van der Waals surface area contributed by atoms with Gasteiger partial charge in [-0.3, -0.25) is 9.59 Å². The Morgan fingerprint density at radius 3 is 1.63 bits per heavy atom. The number of benzene rings is 2. The molecule has 1 aliphatic carbocycles. The van der Waals surface area contributed by atoms with Gasteiger partial charge in [-0.15, -0.1) is 0 Å². The van der Waals surface area contributed by atoms with E-state index in [4.69, 9.17) is 18.9 Å². The standard InChI is InChI=1S/C29H38O6/c1-8-32-26-14-22(10-12-24(26)34-20(4)30)29(17-19(3)16-28(6,7)18-29)23-11-13-25(35-21(5)31)27(15-23)33-9-2/h10-15,19H,8-9,16-18H2,1-7H3. The highest BCUT2D eigenvalue weighted by atomic mass is 16.6. The second-order valence-corrected chi connectivity index (χ2v) is 10.3. The van der Waals surface area contributed by atoms with Gasteiger partial charge in [0.25, 0.3) is 0 Å². The Hall–Kier alpha value is -3.02. The minimum atomic E-state index is -0.386. The fourth-order valence-corrected chi connectivity index (χ4v) is 5.80. The Kier molecular flexibility index (Phi) is 8.14. The molecule has 0 amide bonds. The largest absolute Gasteiger partial charge is 0.490 e. The van der Waals surface area contributed by atoms with E-state index in [1.807, 2.05) is 50.2 Å². The van der Waals surface area contributed by atoms with E-state index < -0.39 is 0 Å². The lowest BCUT2D eigenvalue weighted by Crippen LogP contribution is -2.41. The average molecular weight is 483 g/mol. The highest BCUT2D eigenvalue weighted by molar-refractivity contribution is 5.71. The summed E-state index contributed by atoms with van der Waals surface area (Å²) in [6.07, 6.45) is 2.98. The summed E-state index contributed by atoms with van der Waals surface area (Å²) >= 11 is 0. The monoisotopic (exact) mass is 482 g/mol. The molecule has 6 nitrogen and oxygen atoms in total. The highest BCUT2D eigenvalue weighted by Crippen LogP contribution is 2.55. The van der Waals surface area contributed by atoms with Gasteiger partial charge in [-0.05, 0) is 79.8 Å². The van der Waals surface area contributed by atoms with Crippen LogP contribution in [0.4, 0.5) is 0 Å². The predicted octanol–water partition coefficient (Wildman–Crippen LogP) is 6.47. The molecule has 0 aromatic heterocycles. The van der Waals surface area contributed by atoms with Crippen LogP contribution >= 0.6 is 0 Å². The number of esters is 2. The van der Waals surface area contributed by atoms with E-state index in [9.17, 15) is 9.59 Å². The number of hydrogen-bond donors (Lipinski definition) is 0. The smallest absolute Gasteiger partial charge is 0.308 e. The molecule has 35 heavy (non-hydrogen) atoms. The van der Waals surface area contributed by atoms with Crippen molar-refractivity contribution >= 4 is 11.9 Å². The van der Waals surface area contributed by atoms with E-state index >= 15 is 0 Å². The SMILES string of the molecule is CCOc1cc(C2(c3ccc(OC(C)=O)c(OCC)c3)CC(C)CC(C)(C)C2)ccc1OC(C)=O. The van der Waals surface area contributed by atoms with Crippen LogP contribution in [0, 0.1) is 11.3 Å². The molecule has 6 heteroatoms. The van der Waals surface area contributed by atoms with Gasteiger partial charge in [-0.25, -0.2) is 0 Å². The number of rotatable bonds is 8. The van der Waals surface area contributed by atoms with Crippen LogP contribution in [0.5, 0.6) is 23.0 Å². The molecule has 0 heterocycles. The molecule has 0 spiro atoms. The summed E-state index contributed by atoms with van der Waals surface area (Å²) in [7, 11) is 0. The summed E-state index contributed by atoms with van der Waals surface area (Å²) in [5, 5.41) is 0. The van der Waals surface area contributed by atoms with E-state index in [2.05, 4.69) is 20.8 Å². The first-order chi connectivity index (χ1) is 16.5. The minimum Gasteiger partial charge on any atom is -0.490 e. The molecule has 2 aromatic carbocycles. The topological polar surface area (TPSA) is 71.1 Å². The van der Waals surface area contributed by atoms with Crippen LogP contribution in [0.25, 0.3) is 0 Å². The van der Waals surface area contributed by atoms with Crippen molar-refractivity contribution in [3.63, 3.8) is 0 Å². The summed E-state index contributed by atoms with van der Waals surface area (Å²) < 4.78 is 22.6. The van der Waals surface area contributed by atoms with Crippen LogP contribution in [-0.2, 0) is 15.0 Å². The Bertz CT molecular complexity index is 1000. The van der Waals surface area contributed by atoms with Crippen molar-refractivity contribution in [1.82, 2.24) is 0 Å². The molecule has 0 saturated heterocycles. The Balaban J connectivity index is 2.22. The van der Waals surface area contributed by atoms with Crippen LogP contribution in [0.15, 0.2) is 36.4 Å². The van der Waals surface area contributed by atoms with Crippen LogP contribution in [-0.4, -0.2) is 25.2 Å². The van der Waals surface area contributed by atoms with E-state index in [-0.39, 0.29) is 22.8 Å². The Morgan fingerprint density at radius 2 is 1.26 bits per heavy atom. The Labute approximate surface area is 208 Å². The highest BCUT2D eigenvalue weighted by Gasteiger charge is 2.45. The maximum Gasteiger partial charge on any atom is 0.308 e. The van der Waals surface area contributed by atoms with E-state index in [1.54, 1.807) is 0 Å². The van der Waals surface area contributed by atoms with Crippen LogP contribution in [0.2, 0.25) is 0 Å². The second kappa shape index (κ2) is 10.7. The molecule has 0 bridgehead atoms. The Morgan fingerprint density at radius 1 is 0.800 bits per heavy atom. The maximum atomic E-state index is 11.6. The number of hydrogen-bond acceptors (Lipinski definition) is 6. The lowest BCUT2D eigenvalue weighted by molar-refractivity contribution is -0.132. The van der Waals surface area contributed by atoms with Crippen molar-refractivity contribution in [2.45, 2.75) is 73.1 Å². The first-order valence-electron chi connectivity index (χ1n) is 12.4. The third kappa shape index (κ3) is 6.16. The quantitative estimate of drug-likeness (QED) is 0.317. The zero-order chi connectivity index (χ0) is 25.8. The van der Waals surface area contributed by atoms with Gasteiger partial charge in [0.15, 0.2) is 23.0 Å². The summed E-state index contributed by atoms with van der Waals surface area (Å²) in [5.74, 6) is 1.65. The normalized spacial score (nSPS) is 18.4. The molecular formula is C29H38O6. The average Bonchev–Trinajstić information content (AvgIpc) is 2.74. The molecule has 1 fully saturated rings. The molecule has 1 aliphatic rings. The molecule has 1 atom stereocenters. The van der Waals surface area contributed by atoms with Crippen molar-refractivity contribution in [3.05, 3.63) is 47.5 Å². The first kappa shape index (κ1) is 26.6. The van der Waals surface area contributed by atoms with Crippen molar-refractivity contribution < 1.29 is 28.5 Å². The van der Waals surface area contributed by atoms with Crippen molar-refractivity contribution in [3.8, 4) is 23.0 Å². The summed E-state index contributed by atoms with van der Waals surface area (Å²) in [6, 6.07) is 11.7. The van der Waals surface area contributed by atoms with Crippen LogP contribution in [0.3, 0.4) is 0 Å². The summed E-state index contributed by atoms with van der Waals surface area (Å²) in [6.45, 7) is 14.4. The second-order valence-electron chi connectivity index (χ2n) is 10.3. The molecule has 2 aromatic rings. The molecule has 0 radical (unpaired) electrons. The van der Waals surface area contributed by atoms with Gasteiger partial charge in [-0.2, -0.15) is 0 Å². The van der Waals surface area contributed by atoms with Gasteiger partial charge in [-0.1, -0.05) is 32.9 Å². The number of carbonyl (C=O) groups is 2. The number of carbonyl (C=O) groups excluding carboxylic acids is 2. The summed E-state index contributed by atoms with van der Waals surface area (Å²) in [5.41, 5.74) is 1.96. The summed E-state index contributed by atoms with van der Waals surface area (Å²) in [4.78, 5) is 23.3. The van der Waals surface area contributed by atoms with Gasteiger partial charge in [0.1, 0.15) is 0 Å². The third-order valence-electron chi connectivity index (χ3n) is 6.48. The lowest BCUT2D eigenvalue weighted by atomic mass is 9.55. The minimum absolute atomic E-state index is 0.0956. The van der Waals surface area contributed by atoms with Gasteiger partial charge in [0.2, 0.25) is 0 Å². The fourth-order valence-electron chi connectivity index (χ4n) is 5.80. The first-order valence-corrected chi connectivity index (χ1v) is 12.4. The molecule has 0 aliphatic heterocycles. The maximum absolute atomic E-state index is 11.6. The van der Waals surface area contributed by atoms with Gasteiger partial charge >= 0.3 is 11.9 Å². The van der Waals surface area contributed by atoms with E-state index in [0.29, 0.717) is 42.1 Å². The zero-order valence-electron chi connectivity index (χ0n) is 22.0. The van der Waals surface area contributed by atoms with Crippen molar-refractivity contribution in [2.75, 3.05) is 13.2 Å². The molecule has 3 rings (SSSR count). The molecule has 1 saturated carbocycles. The molecule has 1 unspecified atom stereocenters. The predicted molar refractivity (Wildman–Crippen MR) is 135 cm³/mol. The number of ether oxygens (including phenoxy) is 4. The van der Waals surface area contributed by atoms with Gasteiger partial charge in [0.05, 0.1) is 13.2 Å². The molecular weight excluding hydrogens is 444 g/mol. The van der Waals surface area contributed by atoms with Gasteiger partial charge < -0.3 is 18.9 Å². The lowest BCUT2D eigenvalue weighted by Gasteiger charge is -2.49. The zero-order valence-corrected chi connectivity index (χ0v) is 22.0. The van der Waals surface area contributed by atoms with Crippen molar-refractivity contribution in [1.29, 1.82) is 0 Å². The third-order valence-corrected chi connectivity index (χ3v) is 6.48. The van der Waals surface area contributed by atoms with Crippen molar-refractivity contribution in [2.24, 2.45) is 11.3 Å². The van der Waals surface area contributed by atoms with Crippen LogP contribution < -0.4 is 18.9 Å². The fraction of sp³-hybridized carbons (Fsp3) is 0.517. The molecule has 0 N–H and O–H groups in total. The molecule has 190 valence electrons. The van der Waals surface area contributed by atoms with E-state index in [0.717, 1.165) is 30.4 Å². The van der Waals surface area contributed by atoms with E-state index in [1.165, 1.54) is 13.8 Å². The van der Waals surface area contributed by atoms with Gasteiger partial charge in [0, 0.05) is 19.3 Å².